The molecule has 2 saturated carbocycles. The minimum Gasteiger partial charge on any atom is -1.00 e. The van der Waals surface area contributed by atoms with E-state index < -0.39 is 0 Å². The van der Waals surface area contributed by atoms with Gasteiger partial charge in [-0.3, -0.25) is 0 Å². The Labute approximate surface area is 196 Å². The topological polar surface area (TPSA) is 3.24 Å². The quantitative estimate of drug-likeness (QED) is 0.407. The lowest BCUT2D eigenvalue weighted by molar-refractivity contribution is -0.907. The summed E-state index contributed by atoms with van der Waals surface area (Å²) >= 11 is 0. The van der Waals surface area contributed by atoms with Gasteiger partial charge in [0.25, 0.3) is 0 Å². The lowest BCUT2D eigenvalue weighted by atomic mass is 9.48. The van der Waals surface area contributed by atoms with E-state index in [1.165, 1.54) is 51.6 Å². The van der Waals surface area contributed by atoms with Crippen LogP contribution in [0.15, 0.2) is 23.8 Å². The lowest BCUT2D eigenvalue weighted by Gasteiger charge is -2.57. The van der Waals surface area contributed by atoms with E-state index in [2.05, 4.69) is 65.0 Å². The van der Waals surface area contributed by atoms with Gasteiger partial charge in [-0.25, -0.2) is 0 Å². The second-order valence-electron chi connectivity index (χ2n) is 12.0. The molecule has 8 atom stereocenters. The van der Waals surface area contributed by atoms with E-state index in [0.29, 0.717) is 16.9 Å². The molecule has 0 radical (unpaired) electrons. The highest BCUT2D eigenvalue weighted by atomic mass is 127. The fraction of sp³-hybridized carbons (Fsp3) is 0.846. The monoisotopic (exact) mass is 510 g/mol. The minimum atomic E-state index is 0. The average molecular weight is 511 g/mol. The Morgan fingerprint density at radius 2 is 1.79 bits per heavy atom. The molecule has 3 fully saturated rings. The van der Waals surface area contributed by atoms with Crippen LogP contribution in [0.3, 0.4) is 0 Å². The first-order valence-electron chi connectivity index (χ1n) is 12.2. The van der Waals surface area contributed by atoms with Crippen molar-refractivity contribution in [3.05, 3.63) is 23.8 Å². The molecule has 0 aromatic carbocycles. The van der Waals surface area contributed by atoms with Crippen LogP contribution < -0.4 is 24.0 Å². The molecular weight excluding hydrogens is 467 g/mol. The van der Waals surface area contributed by atoms with Gasteiger partial charge in [-0.15, -0.1) is 0 Å². The van der Waals surface area contributed by atoms with Crippen LogP contribution in [0.2, 0.25) is 0 Å². The highest BCUT2D eigenvalue weighted by Crippen LogP contribution is 2.68. The smallest absolute Gasteiger partial charge is 0.108 e. The molecule has 4 aliphatic carbocycles. The van der Waals surface area contributed by atoms with Crippen molar-refractivity contribution in [1.29, 1.82) is 0 Å². The number of hydrogen-bond donors (Lipinski definition) is 0. The van der Waals surface area contributed by atoms with E-state index >= 15 is 0 Å². The maximum Gasteiger partial charge on any atom is 0.108 e. The van der Waals surface area contributed by atoms with E-state index in [9.17, 15) is 0 Å². The van der Waals surface area contributed by atoms with Crippen LogP contribution in [0.4, 0.5) is 0 Å². The highest BCUT2D eigenvalue weighted by molar-refractivity contribution is 5.36. The predicted octanol–water partition coefficient (Wildman–Crippen LogP) is 2.12. The lowest BCUT2D eigenvalue weighted by Crippen LogP contribution is -3.00. The Bertz CT molecular complexity index is 711. The Morgan fingerprint density at radius 3 is 2.52 bits per heavy atom. The van der Waals surface area contributed by atoms with Crippen molar-refractivity contribution in [2.24, 2.45) is 34.5 Å². The molecule has 0 bridgehead atoms. The third kappa shape index (κ3) is 2.99. The molecule has 1 spiro atoms. The van der Waals surface area contributed by atoms with Crippen molar-refractivity contribution >= 4 is 0 Å². The van der Waals surface area contributed by atoms with Crippen LogP contribution in [-0.2, 0) is 0 Å². The van der Waals surface area contributed by atoms with Gasteiger partial charge >= 0.3 is 0 Å². The largest absolute Gasteiger partial charge is 1.00 e. The van der Waals surface area contributed by atoms with Crippen molar-refractivity contribution < 1.29 is 28.5 Å². The zero-order valence-electron chi connectivity index (χ0n) is 19.6. The van der Waals surface area contributed by atoms with E-state index in [1.807, 2.05) is 0 Å². The molecular formula is C26H43IN2. The number of likely N-dealkylation sites (tertiary alicyclic amines) is 1. The van der Waals surface area contributed by atoms with Crippen molar-refractivity contribution in [3.8, 4) is 0 Å². The molecule has 0 N–H and O–H groups in total. The summed E-state index contributed by atoms with van der Waals surface area (Å²) in [7, 11) is 7.22. The van der Waals surface area contributed by atoms with Gasteiger partial charge in [0.1, 0.15) is 6.04 Å². The second kappa shape index (κ2) is 7.33. The van der Waals surface area contributed by atoms with Crippen molar-refractivity contribution in [1.82, 2.24) is 4.90 Å². The number of halogens is 1. The summed E-state index contributed by atoms with van der Waals surface area (Å²) in [6, 6.07) is 1.49. The summed E-state index contributed by atoms with van der Waals surface area (Å²) in [5, 5.41) is 0. The molecule has 5 aliphatic rings. The van der Waals surface area contributed by atoms with Crippen LogP contribution in [0.5, 0.6) is 0 Å². The zero-order valence-corrected chi connectivity index (χ0v) is 21.8. The van der Waals surface area contributed by atoms with Crippen molar-refractivity contribution in [2.75, 3.05) is 34.2 Å². The number of allylic oxidation sites excluding steroid dienone is 3. The molecule has 164 valence electrons. The minimum absolute atomic E-state index is 0. The number of rotatable bonds is 2. The van der Waals surface area contributed by atoms with Gasteiger partial charge in [-0.05, 0) is 99.1 Å². The van der Waals surface area contributed by atoms with E-state index in [1.54, 1.807) is 5.57 Å². The van der Waals surface area contributed by atoms with Crippen molar-refractivity contribution in [3.63, 3.8) is 0 Å². The molecule has 3 heteroatoms. The van der Waals surface area contributed by atoms with E-state index in [0.717, 1.165) is 34.2 Å². The molecule has 1 aliphatic heterocycles. The van der Waals surface area contributed by atoms with Gasteiger partial charge in [0, 0.05) is 19.0 Å². The molecule has 5 rings (SSSR count). The maximum atomic E-state index is 2.70. The predicted molar refractivity (Wildman–Crippen MR) is 118 cm³/mol. The summed E-state index contributed by atoms with van der Waals surface area (Å²) in [5.41, 5.74) is 2.75. The Kier molecular flexibility index (Phi) is 5.65. The molecule has 1 heterocycles. The van der Waals surface area contributed by atoms with E-state index in [-0.39, 0.29) is 24.0 Å². The Balaban J connectivity index is 0.00000205. The summed E-state index contributed by atoms with van der Waals surface area (Å²) in [6.07, 6.45) is 16.7. The molecule has 1 saturated heterocycles. The molecule has 0 aromatic rings. The number of nitrogens with zero attached hydrogens (tertiary/aromatic N) is 2. The van der Waals surface area contributed by atoms with Gasteiger partial charge in [0.05, 0.1) is 20.6 Å². The Morgan fingerprint density at radius 1 is 1.07 bits per heavy atom. The van der Waals surface area contributed by atoms with Gasteiger partial charge in [-0.1, -0.05) is 19.1 Å². The molecule has 0 aromatic heterocycles. The van der Waals surface area contributed by atoms with Crippen LogP contribution in [0.1, 0.15) is 59.3 Å². The maximum absolute atomic E-state index is 2.70. The number of hydrogen-bond acceptors (Lipinski definition) is 1. The van der Waals surface area contributed by atoms with Crippen LogP contribution >= 0.6 is 0 Å². The Hall–Kier alpha value is 0.130. The van der Waals surface area contributed by atoms with Gasteiger partial charge < -0.3 is 33.4 Å². The first-order chi connectivity index (χ1) is 13.2. The van der Waals surface area contributed by atoms with Gasteiger partial charge in [0.2, 0.25) is 0 Å². The fourth-order valence-electron chi connectivity index (χ4n) is 8.73. The van der Waals surface area contributed by atoms with E-state index in [4.69, 9.17) is 0 Å². The van der Waals surface area contributed by atoms with Crippen LogP contribution in [-0.4, -0.2) is 55.7 Å². The molecule has 0 amide bonds. The van der Waals surface area contributed by atoms with Crippen LogP contribution in [0.25, 0.3) is 0 Å². The third-order valence-corrected chi connectivity index (χ3v) is 11.0. The SMILES string of the molecule is CC[N+](C)(C)[C@@H]1C=C2C=CC3C4CCC5C(C)N(C)CC45CCC3[C@@]2(C)CC1.[I-]. The molecule has 6 unspecified atom stereocenters. The van der Waals surface area contributed by atoms with Gasteiger partial charge in [0.15, 0.2) is 0 Å². The number of fused-ring (bicyclic) bond motifs is 4. The standard InChI is InChI=1S/C26H43N2.HI/c1-7-28(5,6)20-12-14-25(3)19(16-20)8-9-21-23(25)13-15-26-17-27(4)18(2)22(26)10-11-24(21)26;/h8-9,16,18,20-24H,7,10-15,17H2,1-6H3;1H/q+1;/p-1/t18?,20-,21?,22?,23?,24?,25-,26?;/m0./s1. The third-order valence-electron chi connectivity index (χ3n) is 11.0. The second-order valence-corrected chi connectivity index (χ2v) is 12.0. The summed E-state index contributed by atoms with van der Waals surface area (Å²) in [6.45, 7) is 10.1. The normalized spacial score (nSPS) is 48.8. The summed E-state index contributed by atoms with van der Waals surface area (Å²) < 4.78 is 1.14. The first-order valence-corrected chi connectivity index (χ1v) is 12.2. The average Bonchev–Trinajstić information content (AvgIpc) is 3.15. The molecule has 2 nitrogen and oxygen atoms in total. The zero-order chi connectivity index (χ0) is 19.9. The molecule has 29 heavy (non-hydrogen) atoms. The highest BCUT2D eigenvalue weighted by Gasteiger charge is 2.63. The van der Waals surface area contributed by atoms with Crippen molar-refractivity contribution in [2.45, 2.75) is 71.4 Å². The first kappa shape index (κ1) is 22.3. The van der Waals surface area contributed by atoms with Crippen LogP contribution in [0, 0.1) is 34.5 Å². The van der Waals surface area contributed by atoms with Gasteiger partial charge in [-0.2, -0.15) is 0 Å². The number of likely N-dealkylation sites (N-methyl/N-ethyl adjacent to an activating group) is 1. The summed E-state index contributed by atoms with van der Waals surface area (Å²) in [5.74, 6) is 3.63. The number of quaternary nitrogens is 1. The summed E-state index contributed by atoms with van der Waals surface area (Å²) in [4.78, 5) is 2.69. The fourth-order valence-corrected chi connectivity index (χ4v) is 8.73.